The number of rotatable bonds is 2. The lowest BCUT2D eigenvalue weighted by atomic mass is 10.0. The lowest BCUT2D eigenvalue weighted by molar-refractivity contribution is 0.415. The molecule has 0 saturated carbocycles. The van der Waals surface area contributed by atoms with Crippen molar-refractivity contribution in [1.82, 2.24) is 0 Å². The Morgan fingerprint density at radius 1 is 1.12 bits per heavy atom. The van der Waals surface area contributed by atoms with E-state index in [1.54, 1.807) is 19.2 Å². The Labute approximate surface area is 94.1 Å². The van der Waals surface area contributed by atoms with E-state index >= 15 is 0 Å². The van der Waals surface area contributed by atoms with Crippen LogP contribution in [-0.2, 0) is 0 Å². The van der Waals surface area contributed by atoms with Gasteiger partial charge >= 0.3 is 0 Å². The molecular formula is C13H13NO2. The van der Waals surface area contributed by atoms with Gasteiger partial charge in [-0.1, -0.05) is 12.1 Å². The molecule has 2 aromatic carbocycles. The number of methoxy groups -OCH3 is 1. The third-order valence-corrected chi connectivity index (χ3v) is 2.42. The molecule has 3 N–H and O–H groups in total. The van der Waals surface area contributed by atoms with Gasteiger partial charge in [0.05, 0.1) is 7.11 Å². The molecular weight excluding hydrogens is 202 g/mol. The van der Waals surface area contributed by atoms with Crippen molar-refractivity contribution in [2.24, 2.45) is 0 Å². The van der Waals surface area contributed by atoms with Crippen LogP contribution in [0.2, 0.25) is 0 Å². The summed E-state index contributed by atoms with van der Waals surface area (Å²) in [5, 5.41) is 9.28. The highest BCUT2D eigenvalue weighted by molar-refractivity contribution is 5.78. The van der Waals surface area contributed by atoms with Gasteiger partial charge in [-0.15, -0.1) is 0 Å². The summed E-state index contributed by atoms with van der Waals surface area (Å²) in [5.41, 5.74) is 8.25. The number of hydrogen-bond donors (Lipinski definition) is 2. The smallest absolute Gasteiger partial charge is 0.119 e. The summed E-state index contributed by atoms with van der Waals surface area (Å²) in [7, 11) is 1.62. The molecule has 0 radical (unpaired) electrons. The van der Waals surface area contributed by atoms with Crippen LogP contribution in [0.15, 0.2) is 42.5 Å². The third-order valence-electron chi connectivity index (χ3n) is 2.42. The maximum absolute atomic E-state index is 9.28. The number of phenolic OH excluding ortho intramolecular Hbond substituents is 1. The second-order valence-electron chi connectivity index (χ2n) is 3.50. The Morgan fingerprint density at radius 2 is 1.94 bits per heavy atom. The molecule has 3 nitrogen and oxygen atoms in total. The number of nitrogen functional groups attached to an aromatic ring is 1. The summed E-state index contributed by atoms with van der Waals surface area (Å²) >= 11 is 0. The van der Waals surface area contributed by atoms with Crippen molar-refractivity contribution in [3.8, 4) is 22.6 Å². The number of phenols is 1. The Bertz CT molecular complexity index is 509. The van der Waals surface area contributed by atoms with Crippen molar-refractivity contribution in [2.45, 2.75) is 0 Å². The second-order valence-corrected chi connectivity index (χ2v) is 3.50. The van der Waals surface area contributed by atoms with Gasteiger partial charge in [0.15, 0.2) is 0 Å². The molecule has 2 aromatic rings. The van der Waals surface area contributed by atoms with E-state index in [9.17, 15) is 5.11 Å². The largest absolute Gasteiger partial charge is 0.508 e. The van der Waals surface area contributed by atoms with Gasteiger partial charge in [-0.25, -0.2) is 0 Å². The molecule has 0 fully saturated rings. The first-order chi connectivity index (χ1) is 7.70. The maximum Gasteiger partial charge on any atom is 0.119 e. The zero-order valence-electron chi connectivity index (χ0n) is 8.97. The van der Waals surface area contributed by atoms with Gasteiger partial charge in [0.1, 0.15) is 11.5 Å². The zero-order chi connectivity index (χ0) is 11.5. The number of nitrogens with two attached hydrogens (primary N) is 1. The SMILES string of the molecule is COc1cccc(-c2ccc(O)cc2N)c1. The van der Waals surface area contributed by atoms with Crippen molar-refractivity contribution in [2.75, 3.05) is 12.8 Å². The molecule has 82 valence electrons. The van der Waals surface area contributed by atoms with Crippen molar-refractivity contribution < 1.29 is 9.84 Å². The highest BCUT2D eigenvalue weighted by Gasteiger charge is 2.04. The molecule has 16 heavy (non-hydrogen) atoms. The van der Waals surface area contributed by atoms with E-state index in [0.29, 0.717) is 5.69 Å². The lowest BCUT2D eigenvalue weighted by Crippen LogP contribution is -1.90. The summed E-state index contributed by atoms with van der Waals surface area (Å²) in [4.78, 5) is 0. The predicted molar refractivity (Wildman–Crippen MR) is 64.5 cm³/mol. The number of benzene rings is 2. The summed E-state index contributed by atoms with van der Waals surface area (Å²) in [6.07, 6.45) is 0. The van der Waals surface area contributed by atoms with Crippen LogP contribution in [0.5, 0.6) is 11.5 Å². The van der Waals surface area contributed by atoms with E-state index in [1.165, 1.54) is 6.07 Å². The number of aromatic hydroxyl groups is 1. The van der Waals surface area contributed by atoms with Gasteiger partial charge in [0.25, 0.3) is 0 Å². The van der Waals surface area contributed by atoms with Crippen LogP contribution in [0.3, 0.4) is 0 Å². The summed E-state index contributed by atoms with van der Waals surface area (Å²) in [6, 6.07) is 12.6. The number of hydrogen-bond acceptors (Lipinski definition) is 3. The molecule has 0 atom stereocenters. The van der Waals surface area contributed by atoms with Gasteiger partial charge in [0, 0.05) is 17.3 Å². The minimum atomic E-state index is 0.171. The first-order valence-electron chi connectivity index (χ1n) is 4.93. The first-order valence-corrected chi connectivity index (χ1v) is 4.93. The Balaban J connectivity index is 2.49. The van der Waals surface area contributed by atoms with Gasteiger partial charge in [-0.3, -0.25) is 0 Å². The van der Waals surface area contributed by atoms with E-state index in [4.69, 9.17) is 10.5 Å². The molecule has 2 rings (SSSR count). The van der Waals surface area contributed by atoms with E-state index in [-0.39, 0.29) is 5.75 Å². The average molecular weight is 215 g/mol. The minimum Gasteiger partial charge on any atom is -0.508 e. The lowest BCUT2D eigenvalue weighted by Gasteiger charge is -2.07. The van der Waals surface area contributed by atoms with Crippen LogP contribution < -0.4 is 10.5 Å². The van der Waals surface area contributed by atoms with Crippen LogP contribution in [0.1, 0.15) is 0 Å². The zero-order valence-corrected chi connectivity index (χ0v) is 8.97. The van der Waals surface area contributed by atoms with Gasteiger partial charge in [-0.2, -0.15) is 0 Å². The molecule has 0 aliphatic heterocycles. The molecule has 0 bridgehead atoms. The fraction of sp³-hybridized carbons (Fsp3) is 0.0769. The minimum absolute atomic E-state index is 0.171. The van der Waals surface area contributed by atoms with Gasteiger partial charge < -0.3 is 15.6 Å². The number of anilines is 1. The normalized spacial score (nSPS) is 10.1. The Hall–Kier alpha value is -2.16. The standard InChI is InChI=1S/C13H13NO2/c1-16-11-4-2-3-9(7-11)12-6-5-10(15)8-13(12)14/h2-8,15H,14H2,1H3. The second kappa shape index (κ2) is 4.14. The maximum atomic E-state index is 9.28. The van der Waals surface area contributed by atoms with Crippen LogP contribution in [0.25, 0.3) is 11.1 Å². The predicted octanol–water partition coefficient (Wildman–Crippen LogP) is 2.65. The van der Waals surface area contributed by atoms with E-state index in [1.807, 2.05) is 24.3 Å². The first kappa shape index (κ1) is 10.4. The highest BCUT2D eigenvalue weighted by atomic mass is 16.5. The summed E-state index contributed by atoms with van der Waals surface area (Å²) in [5.74, 6) is 0.953. The molecule has 0 aliphatic rings. The van der Waals surface area contributed by atoms with Crippen molar-refractivity contribution in [3.05, 3.63) is 42.5 Å². The number of ether oxygens (including phenoxy) is 1. The molecule has 0 heterocycles. The van der Waals surface area contributed by atoms with E-state index in [0.717, 1.165) is 16.9 Å². The Kier molecular flexibility index (Phi) is 2.68. The highest BCUT2D eigenvalue weighted by Crippen LogP contribution is 2.30. The topological polar surface area (TPSA) is 55.5 Å². The van der Waals surface area contributed by atoms with Crippen LogP contribution in [0, 0.1) is 0 Å². The van der Waals surface area contributed by atoms with Crippen molar-refractivity contribution in [1.29, 1.82) is 0 Å². The fourth-order valence-corrected chi connectivity index (χ4v) is 1.60. The monoisotopic (exact) mass is 215 g/mol. The molecule has 0 spiro atoms. The van der Waals surface area contributed by atoms with Crippen molar-refractivity contribution in [3.63, 3.8) is 0 Å². The molecule has 0 saturated heterocycles. The Morgan fingerprint density at radius 3 is 2.62 bits per heavy atom. The van der Waals surface area contributed by atoms with Crippen molar-refractivity contribution >= 4 is 5.69 Å². The van der Waals surface area contributed by atoms with Gasteiger partial charge in [0.2, 0.25) is 0 Å². The quantitative estimate of drug-likeness (QED) is 0.757. The summed E-state index contributed by atoms with van der Waals surface area (Å²) < 4.78 is 5.15. The fourth-order valence-electron chi connectivity index (χ4n) is 1.60. The molecule has 0 amide bonds. The molecule has 3 heteroatoms. The van der Waals surface area contributed by atoms with E-state index < -0.39 is 0 Å². The van der Waals surface area contributed by atoms with Crippen LogP contribution >= 0.6 is 0 Å². The van der Waals surface area contributed by atoms with E-state index in [2.05, 4.69) is 0 Å². The average Bonchev–Trinajstić information content (AvgIpc) is 2.29. The third kappa shape index (κ3) is 1.93. The molecule has 0 aliphatic carbocycles. The summed E-state index contributed by atoms with van der Waals surface area (Å²) in [6.45, 7) is 0. The van der Waals surface area contributed by atoms with Gasteiger partial charge in [-0.05, 0) is 29.8 Å². The molecule has 0 aromatic heterocycles. The van der Waals surface area contributed by atoms with Crippen LogP contribution in [-0.4, -0.2) is 12.2 Å². The molecule has 0 unspecified atom stereocenters. The van der Waals surface area contributed by atoms with Crippen LogP contribution in [0.4, 0.5) is 5.69 Å².